The number of hydrogen-bond donors (Lipinski definition) is 2. The molecule has 4 heteroatoms. The average molecular weight is 281 g/mol. The number of rotatable bonds is 4. The zero-order chi connectivity index (χ0) is 15.2. The Hall–Kier alpha value is -2.88. The first-order valence-electron chi connectivity index (χ1n) is 6.44. The van der Waals surface area contributed by atoms with Gasteiger partial charge in [-0.1, -0.05) is 30.3 Å². The Labute approximate surface area is 122 Å². The van der Waals surface area contributed by atoms with Gasteiger partial charge in [-0.05, 0) is 42.3 Å². The van der Waals surface area contributed by atoms with Gasteiger partial charge in [0.1, 0.15) is 0 Å². The second-order valence-electron chi connectivity index (χ2n) is 4.57. The van der Waals surface area contributed by atoms with Gasteiger partial charge in [0, 0.05) is 17.3 Å². The highest BCUT2D eigenvalue weighted by atomic mass is 16.4. The second kappa shape index (κ2) is 6.52. The topological polar surface area (TPSA) is 66.4 Å². The molecule has 21 heavy (non-hydrogen) atoms. The number of aliphatic carboxylic acids is 1. The third kappa shape index (κ3) is 4.04. The van der Waals surface area contributed by atoms with Crippen molar-refractivity contribution in [1.82, 2.24) is 0 Å². The van der Waals surface area contributed by atoms with Gasteiger partial charge < -0.3 is 10.4 Å². The highest BCUT2D eigenvalue weighted by Gasteiger charge is 2.08. The van der Waals surface area contributed by atoms with Gasteiger partial charge in [-0.25, -0.2) is 4.79 Å². The molecular formula is C17H15NO3. The van der Waals surface area contributed by atoms with E-state index >= 15 is 0 Å². The smallest absolute Gasteiger partial charge is 0.328 e. The molecule has 0 fully saturated rings. The molecule has 1 amide bonds. The number of carbonyl (C=O) groups excluding carboxylic acids is 1. The van der Waals surface area contributed by atoms with Gasteiger partial charge in [0.15, 0.2) is 0 Å². The van der Waals surface area contributed by atoms with Gasteiger partial charge in [0.25, 0.3) is 5.91 Å². The number of hydrogen-bond acceptors (Lipinski definition) is 2. The lowest BCUT2D eigenvalue weighted by molar-refractivity contribution is -0.131. The van der Waals surface area contributed by atoms with Crippen molar-refractivity contribution in [3.63, 3.8) is 0 Å². The Morgan fingerprint density at radius 2 is 1.86 bits per heavy atom. The van der Waals surface area contributed by atoms with E-state index < -0.39 is 5.97 Å². The number of aryl methyl sites for hydroxylation is 1. The van der Waals surface area contributed by atoms with Crippen molar-refractivity contribution < 1.29 is 14.7 Å². The fourth-order valence-corrected chi connectivity index (χ4v) is 1.91. The summed E-state index contributed by atoms with van der Waals surface area (Å²) in [4.78, 5) is 22.7. The molecule has 0 aliphatic heterocycles. The van der Waals surface area contributed by atoms with E-state index in [0.29, 0.717) is 16.8 Å². The van der Waals surface area contributed by atoms with Crippen molar-refractivity contribution in [3.8, 4) is 0 Å². The summed E-state index contributed by atoms with van der Waals surface area (Å²) >= 11 is 0. The molecule has 0 aliphatic rings. The molecule has 0 aliphatic carbocycles. The predicted molar refractivity (Wildman–Crippen MR) is 82.2 cm³/mol. The predicted octanol–water partition coefficient (Wildman–Crippen LogP) is 3.35. The SMILES string of the molecule is Cc1ccccc1C(=O)Nc1cccc(C=CC(=O)O)c1. The van der Waals surface area contributed by atoms with Gasteiger partial charge in [0.05, 0.1) is 0 Å². The van der Waals surface area contributed by atoms with Crippen molar-refractivity contribution >= 4 is 23.6 Å². The molecule has 2 N–H and O–H groups in total. The fraction of sp³-hybridized carbons (Fsp3) is 0.0588. The van der Waals surface area contributed by atoms with Crippen LogP contribution in [0.15, 0.2) is 54.6 Å². The molecule has 0 saturated heterocycles. The molecule has 0 aromatic heterocycles. The Morgan fingerprint density at radius 3 is 2.57 bits per heavy atom. The molecule has 0 radical (unpaired) electrons. The third-order valence-corrected chi connectivity index (χ3v) is 2.95. The molecule has 0 bridgehead atoms. The highest BCUT2D eigenvalue weighted by molar-refractivity contribution is 6.05. The van der Waals surface area contributed by atoms with E-state index in [0.717, 1.165) is 11.6 Å². The summed E-state index contributed by atoms with van der Waals surface area (Å²) in [5, 5.41) is 11.4. The molecule has 2 aromatic rings. The molecule has 4 nitrogen and oxygen atoms in total. The van der Waals surface area contributed by atoms with Gasteiger partial charge in [-0.15, -0.1) is 0 Å². The monoisotopic (exact) mass is 281 g/mol. The van der Waals surface area contributed by atoms with Crippen LogP contribution in [0.5, 0.6) is 0 Å². The summed E-state index contributed by atoms with van der Waals surface area (Å²) in [6.07, 6.45) is 2.54. The van der Waals surface area contributed by atoms with Crippen molar-refractivity contribution in [2.45, 2.75) is 6.92 Å². The van der Waals surface area contributed by atoms with Crippen LogP contribution < -0.4 is 5.32 Å². The van der Waals surface area contributed by atoms with Crippen LogP contribution in [-0.4, -0.2) is 17.0 Å². The average Bonchev–Trinajstić information content (AvgIpc) is 2.46. The largest absolute Gasteiger partial charge is 0.478 e. The van der Waals surface area contributed by atoms with Crippen molar-refractivity contribution in [1.29, 1.82) is 0 Å². The summed E-state index contributed by atoms with van der Waals surface area (Å²) in [6.45, 7) is 1.88. The van der Waals surface area contributed by atoms with Crippen LogP contribution in [-0.2, 0) is 4.79 Å². The van der Waals surface area contributed by atoms with Crippen LogP contribution in [0, 0.1) is 6.92 Å². The second-order valence-corrected chi connectivity index (χ2v) is 4.57. The number of carboxylic acid groups (broad SMARTS) is 1. The van der Waals surface area contributed by atoms with E-state index in [1.165, 1.54) is 6.08 Å². The maximum Gasteiger partial charge on any atom is 0.328 e. The first-order valence-corrected chi connectivity index (χ1v) is 6.44. The summed E-state index contributed by atoms with van der Waals surface area (Å²) in [6, 6.07) is 14.3. The Balaban J connectivity index is 2.17. The van der Waals surface area contributed by atoms with Crippen molar-refractivity contribution in [2.75, 3.05) is 5.32 Å². The van der Waals surface area contributed by atoms with Gasteiger partial charge in [-0.2, -0.15) is 0 Å². The highest BCUT2D eigenvalue weighted by Crippen LogP contribution is 2.15. The van der Waals surface area contributed by atoms with Gasteiger partial charge in [0.2, 0.25) is 0 Å². The van der Waals surface area contributed by atoms with E-state index in [4.69, 9.17) is 5.11 Å². The number of amides is 1. The zero-order valence-electron chi connectivity index (χ0n) is 11.5. The number of nitrogens with one attached hydrogen (secondary N) is 1. The maximum atomic E-state index is 12.2. The van der Waals surface area contributed by atoms with E-state index in [-0.39, 0.29) is 5.91 Å². The zero-order valence-corrected chi connectivity index (χ0v) is 11.5. The van der Waals surface area contributed by atoms with E-state index in [1.54, 1.807) is 30.3 Å². The number of anilines is 1. The normalized spacial score (nSPS) is 10.5. The Morgan fingerprint density at radius 1 is 1.10 bits per heavy atom. The minimum Gasteiger partial charge on any atom is -0.478 e. The summed E-state index contributed by atoms with van der Waals surface area (Å²) in [5.41, 5.74) is 2.84. The molecule has 0 atom stereocenters. The number of benzene rings is 2. The van der Waals surface area contributed by atoms with Crippen molar-refractivity contribution in [2.24, 2.45) is 0 Å². The quantitative estimate of drug-likeness (QED) is 0.845. The molecule has 2 aromatic carbocycles. The molecular weight excluding hydrogens is 266 g/mol. The van der Waals surface area contributed by atoms with E-state index in [2.05, 4.69) is 5.32 Å². The first-order chi connectivity index (χ1) is 10.1. The molecule has 0 unspecified atom stereocenters. The summed E-state index contributed by atoms with van der Waals surface area (Å²) in [7, 11) is 0. The fourth-order valence-electron chi connectivity index (χ4n) is 1.91. The Bertz CT molecular complexity index is 705. The van der Waals surface area contributed by atoms with E-state index in [9.17, 15) is 9.59 Å². The van der Waals surface area contributed by atoms with Crippen molar-refractivity contribution in [3.05, 3.63) is 71.3 Å². The van der Waals surface area contributed by atoms with Crippen LogP contribution in [0.25, 0.3) is 6.08 Å². The van der Waals surface area contributed by atoms with E-state index in [1.807, 2.05) is 25.1 Å². The van der Waals surface area contributed by atoms with Crippen LogP contribution >= 0.6 is 0 Å². The maximum absolute atomic E-state index is 12.2. The molecule has 0 saturated carbocycles. The summed E-state index contributed by atoms with van der Waals surface area (Å²) in [5.74, 6) is -1.20. The third-order valence-electron chi connectivity index (χ3n) is 2.95. The van der Waals surface area contributed by atoms with Gasteiger partial charge >= 0.3 is 5.97 Å². The Kier molecular flexibility index (Phi) is 4.51. The lowest BCUT2D eigenvalue weighted by Crippen LogP contribution is -2.13. The van der Waals surface area contributed by atoms with Crippen LogP contribution in [0.2, 0.25) is 0 Å². The number of carboxylic acids is 1. The first kappa shape index (κ1) is 14.5. The minimum absolute atomic E-state index is 0.188. The molecule has 2 rings (SSSR count). The minimum atomic E-state index is -1.01. The van der Waals surface area contributed by atoms with Crippen LogP contribution in [0.3, 0.4) is 0 Å². The number of carbonyl (C=O) groups is 2. The van der Waals surface area contributed by atoms with Crippen LogP contribution in [0.1, 0.15) is 21.5 Å². The molecule has 0 spiro atoms. The summed E-state index contributed by atoms with van der Waals surface area (Å²) < 4.78 is 0. The lowest BCUT2D eigenvalue weighted by Gasteiger charge is -2.08. The van der Waals surface area contributed by atoms with Gasteiger partial charge in [-0.3, -0.25) is 4.79 Å². The molecule has 106 valence electrons. The molecule has 0 heterocycles. The lowest BCUT2D eigenvalue weighted by atomic mass is 10.1. The standard InChI is InChI=1S/C17H15NO3/c1-12-5-2-3-8-15(12)17(21)18-14-7-4-6-13(11-14)9-10-16(19)20/h2-11H,1H3,(H,18,21)(H,19,20). The van der Waals surface area contributed by atoms with Crippen LogP contribution in [0.4, 0.5) is 5.69 Å².